The first-order valence-corrected chi connectivity index (χ1v) is 12.1. The number of methoxy groups -OCH3 is 1. The van der Waals surface area contributed by atoms with E-state index < -0.39 is 12.2 Å². The molecule has 9 nitrogen and oxygen atoms in total. The molecule has 1 aromatic carbocycles. The van der Waals surface area contributed by atoms with Gasteiger partial charge in [0.1, 0.15) is 5.75 Å². The number of carbonyl (C=O) groups excluding carboxylic acids is 2. The molecule has 1 N–H and O–H groups in total. The fourth-order valence-electron chi connectivity index (χ4n) is 4.85. The first kappa shape index (κ1) is 25.8. The lowest BCUT2D eigenvalue weighted by Gasteiger charge is -2.41. The minimum absolute atomic E-state index is 0.107. The number of carboxylic acid groups (broad SMARTS) is 1. The van der Waals surface area contributed by atoms with E-state index in [1.165, 1.54) is 4.90 Å². The van der Waals surface area contributed by atoms with Gasteiger partial charge < -0.3 is 29.3 Å². The second kappa shape index (κ2) is 11.1. The Morgan fingerprint density at radius 3 is 2.68 bits per heavy atom. The SMILES string of the molecule is COCCCCN1C(=O)[C@@H](C)Oc2cc(C)c(C(=O)N(C(C)C)[C@@H]3CCCN(C(=O)O)C3)cc21. The van der Waals surface area contributed by atoms with Crippen LogP contribution in [0.4, 0.5) is 10.5 Å². The molecule has 1 aromatic rings. The van der Waals surface area contributed by atoms with Gasteiger partial charge in [-0.15, -0.1) is 0 Å². The van der Waals surface area contributed by atoms with E-state index in [0.717, 1.165) is 24.8 Å². The van der Waals surface area contributed by atoms with Gasteiger partial charge in [0, 0.05) is 45.0 Å². The predicted molar refractivity (Wildman–Crippen MR) is 129 cm³/mol. The fourth-order valence-corrected chi connectivity index (χ4v) is 4.85. The van der Waals surface area contributed by atoms with E-state index in [0.29, 0.717) is 49.7 Å². The smallest absolute Gasteiger partial charge is 0.407 e. The highest BCUT2D eigenvalue weighted by Crippen LogP contribution is 2.37. The molecule has 0 saturated carbocycles. The lowest BCUT2D eigenvalue weighted by Crippen LogP contribution is -2.54. The maximum atomic E-state index is 13.8. The van der Waals surface area contributed by atoms with Crippen LogP contribution in [0.5, 0.6) is 5.75 Å². The summed E-state index contributed by atoms with van der Waals surface area (Å²) in [5.74, 6) is 0.314. The molecule has 0 aliphatic carbocycles. The predicted octanol–water partition coefficient (Wildman–Crippen LogP) is 3.53. The number of fused-ring (bicyclic) bond motifs is 1. The monoisotopic (exact) mass is 475 g/mol. The number of piperidine rings is 1. The molecular formula is C25H37N3O6. The molecule has 3 amide bonds. The van der Waals surface area contributed by atoms with Crippen molar-refractivity contribution in [1.82, 2.24) is 9.80 Å². The van der Waals surface area contributed by atoms with Crippen LogP contribution < -0.4 is 9.64 Å². The first-order valence-electron chi connectivity index (χ1n) is 12.1. The number of amides is 3. The van der Waals surface area contributed by atoms with Gasteiger partial charge in [-0.05, 0) is 71.1 Å². The Morgan fingerprint density at radius 1 is 1.29 bits per heavy atom. The molecule has 188 valence electrons. The summed E-state index contributed by atoms with van der Waals surface area (Å²) in [5.41, 5.74) is 1.88. The Kier molecular flexibility index (Phi) is 8.41. The summed E-state index contributed by atoms with van der Waals surface area (Å²) >= 11 is 0. The zero-order valence-electron chi connectivity index (χ0n) is 20.9. The summed E-state index contributed by atoms with van der Waals surface area (Å²) in [4.78, 5) is 43.2. The maximum Gasteiger partial charge on any atom is 0.407 e. The second-order valence-electron chi connectivity index (χ2n) is 9.42. The van der Waals surface area contributed by atoms with Crippen LogP contribution in [-0.4, -0.2) is 84.4 Å². The minimum Gasteiger partial charge on any atom is -0.479 e. The van der Waals surface area contributed by atoms with Crippen molar-refractivity contribution in [2.24, 2.45) is 0 Å². The van der Waals surface area contributed by atoms with Crippen molar-refractivity contribution in [3.05, 3.63) is 23.3 Å². The molecule has 2 aliphatic heterocycles. The molecule has 0 aromatic heterocycles. The van der Waals surface area contributed by atoms with E-state index in [2.05, 4.69) is 0 Å². The summed E-state index contributed by atoms with van der Waals surface area (Å²) in [5, 5.41) is 9.45. The van der Waals surface area contributed by atoms with Gasteiger partial charge in [-0.2, -0.15) is 0 Å². The molecule has 9 heteroatoms. The lowest BCUT2D eigenvalue weighted by atomic mass is 9.98. The van der Waals surface area contributed by atoms with E-state index in [1.54, 1.807) is 29.9 Å². The van der Waals surface area contributed by atoms with Crippen LogP contribution in [0, 0.1) is 6.92 Å². The van der Waals surface area contributed by atoms with E-state index in [1.807, 2.05) is 26.8 Å². The van der Waals surface area contributed by atoms with E-state index in [9.17, 15) is 19.5 Å². The number of rotatable bonds is 8. The Bertz CT molecular complexity index is 918. The summed E-state index contributed by atoms with van der Waals surface area (Å²) in [6, 6.07) is 3.29. The highest BCUT2D eigenvalue weighted by Gasteiger charge is 2.36. The number of hydrogen-bond acceptors (Lipinski definition) is 5. The molecule has 2 atom stereocenters. The number of benzene rings is 1. The molecule has 3 rings (SSSR count). The van der Waals surface area contributed by atoms with Crippen molar-refractivity contribution in [2.45, 2.75) is 71.6 Å². The Balaban J connectivity index is 1.92. The third kappa shape index (κ3) is 5.46. The van der Waals surface area contributed by atoms with Crippen molar-refractivity contribution in [1.29, 1.82) is 0 Å². The quantitative estimate of drug-likeness (QED) is 0.578. The molecule has 2 aliphatic rings. The van der Waals surface area contributed by atoms with Crippen LogP contribution in [0.25, 0.3) is 0 Å². The van der Waals surface area contributed by atoms with Gasteiger partial charge >= 0.3 is 6.09 Å². The highest BCUT2D eigenvalue weighted by atomic mass is 16.5. The van der Waals surface area contributed by atoms with Crippen molar-refractivity contribution < 1.29 is 29.0 Å². The summed E-state index contributed by atoms with van der Waals surface area (Å²) in [7, 11) is 1.65. The van der Waals surface area contributed by atoms with Gasteiger partial charge in [0.15, 0.2) is 6.10 Å². The minimum atomic E-state index is -0.959. The Morgan fingerprint density at radius 2 is 2.03 bits per heavy atom. The third-order valence-corrected chi connectivity index (χ3v) is 6.58. The van der Waals surface area contributed by atoms with Crippen LogP contribution in [0.15, 0.2) is 12.1 Å². The third-order valence-electron chi connectivity index (χ3n) is 6.58. The number of hydrogen-bond donors (Lipinski definition) is 1. The summed E-state index contributed by atoms with van der Waals surface area (Å²) in [6.07, 6.45) is 1.51. The van der Waals surface area contributed by atoms with Crippen LogP contribution in [0.2, 0.25) is 0 Å². The lowest BCUT2D eigenvalue weighted by molar-refractivity contribution is -0.125. The van der Waals surface area contributed by atoms with Crippen molar-refractivity contribution in [2.75, 3.05) is 38.3 Å². The molecule has 0 radical (unpaired) electrons. The fraction of sp³-hybridized carbons (Fsp3) is 0.640. The zero-order valence-corrected chi connectivity index (χ0v) is 20.9. The largest absolute Gasteiger partial charge is 0.479 e. The van der Waals surface area contributed by atoms with Crippen LogP contribution in [0.3, 0.4) is 0 Å². The molecule has 34 heavy (non-hydrogen) atoms. The number of unbranched alkanes of at least 4 members (excludes halogenated alkanes) is 1. The molecule has 2 heterocycles. The van der Waals surface area contributed by atoms with E-state index in [-0.39, 0.29) is 23.9 Å². The van der Waals surface area contributed by atoms with E-state index in [4.69, 9.17) is 9.47 Å². The van der Waals surface area contributed by atoms with Gasteiger partial charge in [0.2, 0.25) is 0 Å². The van der Waals surface area contributed by atoms with Gasteiger partial charge in [-0.25, -0.2) is 4.79 Å². The molecule has 0 unspecified atom stereocenters. The Hall–Kier alpha value is -2.81. The summed E-state index contributed by atoms with van der Waals surface area (Å²) < 4.78 is 11.0. The Labute approximate surface area is 201 Å². The molecule has 1 saturated heterocycles. The average molecular weight is 476 g/mol. The number of anilines is 1. The number of nitrogens with zero attached hydrogens (tertiary/aromatic N) is 3. The van der Waals surface area contributed by atoms with Crippen LogP contribution in [-0.2, 0) is 9.53 Å². The number of likely N-dealkylation sites (tertiary alicyclic amines) is 1. The van der Waals surface area contributed by atoms with Crippen LogP contribution in [0.1, 0.15) is 62.4 Å². The topological polar surface area (TPSA) is 99.6 Å². The number of ether oxygens (including phenoxy) is 2. The van der Waals surface area contributed by atoms with Crippen LogP contribution >= 0.6 is 0 Å². The first-order chi connectivity index (χ1) is 16.1. The normalized spacial score (nSPS) is 20.2. The summed E-state index contributed by atoms with van der Waals surface area (Å²) in [6.45, 7) is 9.42. The van der Waals surface area contributed by atoms with Gasteiger partial charge in [-0.3, -0.25) is 9.59 Å². The molecule has 0 spiro atoms. The molecular weight excluding hydrogens is 438 g/mol. The number of aryl methyl sites for hydroxylation is 1. The van der Waals surface area contributed by atoms with Crippen molar-refractivity contribution >= 4 is 23.6 Å². The van der Waals surface area contributed by atoms with Gasteiger partial charge in [-0.1, -0.05) is 0 Å². The standard InChI is InChI=1S/C25H37N3O6/c1-16(2)28(19-9-8-10-26(15-19)25(31)32)24(30)20-14-21-22(13-17(20)3)34-18(4)23(29)27(21)11-6-7-12-33-5/h13-14,16,18-19H,6-12,15H2,1-5H3,(H,31,32)/t18-,19-/m1/s1. The average Bonchev–Trinajstić information content (AvgIpc) is 2.78. The second-order valence-corrected chi connectivity index (χ2v) is 9.42. The molecule has 0 bridgehead atoms. The zero-order chi connectivity index (χ0) is 25.0. The maximum absolute atomic E-state index is 13.8. The van der Waals surface area contributed by atoms with Crippen molar-refractivity contribution in [3.63, 3.8) is 0 Å². The van der Waals surface area contributed by atoms with Gasteiger partial charge in [0.25, 0.3) is 11.8 Å². The van der Waals surface area contributed by atoms with E-state index >= 15 is 0 Å². The molecule has 1 fully saturated rings. The number of carbonyl (C=O) groups is 3. The van der Waals surface area contributed by atoms with Crippen molar-refractivity contribution in [3.8, 4) is 5.75 Å². The highest BCUT2D eigenvalue weighted by molar-refractivity contribution is 6.03. The van der Waals surface area contributed by atoms with Gasteiger partial charge in [0.05, 0.1) is 11.7 Å².